The SMILES string of the molecule is NC(=S)c1cccc(S(=O)(=O)Nc2ccc(Cl)cc2Cl)c1. The first-order valence-corrected chi connectivity index (χ1v) is 8.32. The quantitative estimate of drug-likeness (QED) is 0.819. The van der Waals surface area contributed by atoms with Crippen LogP contribution in [0.5, 0.6) is 0 Å². The van der Waals surface area contributed by atoms with Crippen molar-refractivity contribution in [3.05, 3.63) is 58.1 Å². The molecule has 2 aromatic carbocycles. The van der Waals surface area contributed by atoms with E-state index in [1.807, 2.05) is 0 Å². The van der Waals surface area contributed by atoms with Crippen LogP contribution in [-0.4, -0.2) is 13.4 Å². The van der Waals surface area contributed by atoms with Gasteiger partial charge in [0.05, 0.1) is 15.6 Å². The summed E-state index contributed by atoms with van der Waals surface area (Å²) in [6.07, 6.45) is 0. The maximum atomic E-state index is 12.3. The molecule has 0 radical (unpaired) electrons. The average Bonchev–Trinajstić information content (AvgIpc) is 2.42. The predicted molar refractivity (Wildman–Crippen MR) is 89.6 cm³/mol. The van der Waals surface area contributed by atoms with Crippen molar-refractivity contribution in [2.24, 2.45) is 5.73 Å². The van der Waals surface area contributed by atoms with Gasteiger partial charge in [0.25, 0.3) is 10.0 Å². The molecule has 0 aliphatic rings. The molecule has 0 bridgehead atoms. The third-order valence-electron chi connectivity index (χ3n) is 2.60. The van der Waals surface area contributed by atoms with Crippen LogP contribution in [0.1, 0.15) is 5.56 Å². The van der Waals surface area contributed by atoms with Gasteiger partial charge in [-0.1, -0.05) is 47.6 Å². The van der Waals surface area contributed by atoms with Gasteiger partial charge < -0.3 is 5.73 Å². The fourth-order valence-electron chi connectivity index (χ4n) is 1.59. The molecule has 0 amide bonds. The molecule has 2 rings (SSSR count). The van der Waals surface area contributed by atoms with Gasteiger partial charge in [0.15, 0.2) is 0 Å². The number of nitrogens with one attached hydrogen (secondary N) is 1. The minimum absolute atomic E-state index is 0.0406. The molecule has 21 heavy (non-hydrogen) atoms. The number of hydrogen-bond donors (Lipinski definition) is 2. The Morgan fingerprint density at radius 1 is 1.14 bits per heavy atom. The van der Waals surface area contributed by atoms with Crippen molar-refractivity contribution >= 4 is 56.1 Å². The van der Waals surface area contributed by atoms with Crippen LogP contribution in [-0.2, 0) is 10.0 Å². The highest BCUT2D eigenvalue weighted by Crippen LogP contribution is 2.27. The summed E-state index contributed by atoms with van der Waals surface area (Å²) in [7, 11) is -3.80. The van der Waals surface area contributed by atoms with Gasteiger partial charge in [-0.3, -0.25) is 4.72 Å². The number of halogens is 2. The van der Waals surface area contributed by atoms with E-state index in [1.165, 1.54) is 30.3 Å². The summed E-state index contributed by atoms with van der Waals surface area (Å²) in [5, 5.41) is 0.620. The molecule has 0 aliphatic carbocycles. The van der Waals surface area contributed by atoms with Gasteiger partial charge in [-0.2, -0.15) is 0 Å². The first-order chi connectivity index (χ1) is 9.79. The lowest BCUT2D eigenvalue weighted by Gasteiger charge is -2.10. The number of sulfonamides is 1. The standard InChI is InChI=1S/C13H10Cl2N2O2S2/c14-9-4-5-12(11(15)7-9)17-21(18,19)10-3-1-2-8(6-10)13(16)20/h1-7,17H,(H2,16,20). The van der Waals surface area contributed by atoms with Gasteiger partial charge in [-0.25, -0.2) is 8.42 Å². The zero-order valence-corrected chi connectivity index (χ0v) is 13.7. The molecule has 110 valence electrons. The molecule has 0 unspecified atom stereocenters. The van der Waals surface area contributed by atoms with E-state index < -0.39 is 10.0 Å². The van der Waals surface area contributed by atoms with E-state index in [0.717, 1.165) is 0 Å². The molecular formula is C13H10Cl2N2O2S2. The van der Waals surface area contributed by atoms with Crippen molar-refractivity contribution in [3.8, 4) is 0 Å². The zero-order valence-electron chi connectivity index (χ0n) is 10.5. The van der Waals surface area contributed by atoms with E-state index in [1.54, 1.807) is 12.1 Å². The lowest BCUT2D eigenvalue weighted by atomic mass is 10.2. The molecule has 0 spiro atoms. The predicted octanol–water partition coefficient (Wildman–Crippen LogP) is 3.43. The molecule has 8 heteroatoms. The topological polar surface area (TPSA) is 72.2 Å². The number of rotatable bonds is 4. The summed E-state index contributed by atoms with van der Waals surface area (Å²) in [4.78, 5) is 0.162. The number of nitrogens with two attached hydrogens (primary N) is 1. The highest BCUT2D eigenvalue weighted by Gasteiger charge is 2.16. The van der Waals surface area contributed by atoms with E-state index in [-0.39, 0.29) is 20.6 Å². The molecule has 0 atom stereocenters. The highest BCUT2D eigenvalue weighted by molar-refractivity contribution is 7.92. The molecule has 0 saturated heterocycles. The van der Waals surface area contributed by atoms with Crippen LogP contribution in [0.4, 0.5) is 5.69 Å². The Morgan fingerprint density at radius 2 is 1.86 bits per heavy atom. The Kier molecular flexibility index (Phi) is 4.73. The van der Waals surface area contributed by atoms with Crippen LogP contribution >= 0.6 is 35.4 Å². The molecule has 0 aromatic heterocycles. The lowest BCUT2D eigenvalue weighted by Crippen LogP contribution is -2.15. The summed E-state index contributed by atoms with van der Waals surface area (Å²) >= 11 is 16.6. The third kappa shape index (κ3) is 3.85. The minimum Gasteiger partial charge on any atom is -0.389 e. The second-order valence-electron chi connectivity index (χ2n) is 4.12. The first kappa shape index (κ1) is 16.0. The van der Waals surface area contributed by atoms with Crippen LogP contribution in [0.15, 0.2) is 47.4 Å². The Balaban J connectivity index is 2.38. The minimum atomic E-state index is -3.80. The number of benzene rings is 2. The molecule has 0 aliphatic heterocycles. The van der Waals surface area contributed by atoms with Crippen molar-refractivity contribution in [3.63, 3.8) is 0 Å². The van der Waals surface area contributed by atoms with Crippen molar-refractivity contribution in [1.29, 1.82) is 0 Å². The Hall–Kier alpha value is -1.34. The largest absolute Gasteiger partial charge is 0.389 e. The summed E-state index contributed by atoms with van der Waals surface area (Å²) in [5.41, 5.74) is 6.21. The number of thiocarbonyl (C=S) groups is 1. The summed E-state index contributed by atoms with van der Waals surface area (Å²) < 4.78 is 27.0. The maximum Gasteiger partial charge on any atom is 0.261 e. The normalized spacial score (nSPS) is 11.1. The van der Waals surface area contributed by atoms with Crippen LogP contribution < -0.4 is 10.5 Å². The fraction of sp³-hybridized carbons (Fsp3) is 0. The average molecular weight is 361 g/mol. The number of anilines is 1. The first-order valence-electron chi connectivity index (χ1n) is 5.67. The van der Waals surface area contributed by atoms with Gasteiger partial charge in [0.2, 0.25) is 0 Å². The highest BCUT2D eigenvalue weighted by atomic mass is 35.5. The van der Waals surface area contributed by atoms with Gasteiger partial charge in [-0.15, -0.1) is 0 Å². The molecule has 0 fully saturated rings. The third-order valence-corrected chi connectivity index (χ3v) is 4.75. The lowest BCUT2D eigenvalue weighted by molar-refractivity contribution is 0.601. The zero-order chi connectivity index (χ0) is 15.6. The smallest absolute Gasteiger partial charge is 0.261 e. The van der Waals surface area contributed by atoms with Crippen molar-refractivity contribution in [1.82, 2.24) is 0 Å². The second kappa shape index (κ2) is 6.19. The molecular weight excluding hydrogens is 351 g/mol. The van der Waals surface area contributed by atoms with Crippen LogP contribution in [0.25, 0.3) is 0 Å². The molecule has 4 nitrogen and oxygen atoms in total. The van der Waals surface area contributed by atoms with Gasteiger partial charge in [-0.05, 0) is 30.3 Å². The summed E-state index contributed by atoms with van der Waals surface area (Å²) in [6.45, 7) is 0. The van der Waals surface area contributed by atoms with E-state index in [0.29, 0.717) is 10.6 Å². The van der Waals surface area contributed by atoms with E-state index in [2.05, 4.69) is 4.72 Å². The van der Waals surface area contributed by atoms with E-state index in [9.17, 15) is 8.42 Å². The monoisotopic (exact) mass is 360 g/mol. The molecule has 0 heterocycles. The Morgan fingerprint density at radius 3 is 2.48 bits per heavy atom. The van der Waals surface area contributed by atoms with E-state index in [4.69, 9.17) is 41.2 Å². The van der Waals surface area contributed by atoms with Crippen molar-refractivity contribution in [2.75, 3.05) is 4.72 Å². The van der Waals surface area contributed by atoms with Gasteiger partial charge in [0, 0.05) is 10.6 Å². The number of hydrogen-bond acceptors (Lipinski definition) is 3. The van der Waals surface area contributed by atoms with E-state index >= 15 is 0 Å². The Labute approximate surface area is 137 Å². The van der Waals surface area contributed by atoms with Gasteiger partial charge in [0.1, 0.15) is 4.99 Å². The van der Waals surface area contributed by atoms with Crippen LogP contribution in [0.2, 0.25) is 10.0 Å². The summed E-state index contributed by atoms with van der Waals surface area (Å²) in [5.74, 6) is 0. The van der Waals surface area contributed by atoms with Gasteiger partial charge >= 0.3 is 0 Å². The summed E-state index contributed by atoms with van der Waals surface area (Å²) in [6, 6.07) is 10.5. The maximum absolute atomic E-state index is 12.3. The van der Waals surface area contributed by atoms with Crippen LogP contribution in [0.3, 0.4) is 0 Å². The Bertz CT molecular complexity index is 808. The molecule has 2 aromatic rings. The molecule has 0 saturated carbocycles. The van der Waals surface area contributed by atoms with Crippen molar-refractivity contribution in [2.45, 2.75) is 4.90 Å². The fourth-order valence-corrected chi connectivity index (χ4v) is 3.36. The molecule has 3 N–H and O–H groups in total. The van der Waals surface area contributed by atoms with Crippen LogP contribution in [0, 0.1) is 0 Å². The second-order valence-corrected chi connectivity index (χ2v) is 7.09. The van der Waals surface area contributed by atoms with Crippen molar-refractivity contribution < 1.29 is 8.42 Å².